The first kappa shape index (κ1) is 23.8. The van der Waals surface area contributed by atoms with E-state index in [4.69, 9.17) is 18.9 Å². The second-order valence-electron chi connectivity index (χ2n) is 8.13. The average molecular weight is 466 g/mol. The summed E-state index contributed by atoms with van der Waals surface area (Å²) in [5, 5.41) is 61.1. The number of carbonyl (C=O) groups is 1. The van der Waals surface area contributed by atoms with Crippen LogP contribution in [0.3, 0.4) is 0 Å². The predicted octanol–water partition coefficient (Wildman–Crippen LogP) is -1.82. The second-order valence-corrected chi connectivity index (χ2v) is 8.13. The van der Waals surface area contributed by atoms with Crippen LogP contribution < -0.4 is 0 Å². The van der Waals surface area contributed by atoms with Gasteiger partial charge in [-0.1, -0.05) is 18.2 Å². The van der Waals surface area contributed by atoms with Gasteiger partial charge in [0.2, 0.25) is 6.29 Å². The summed E-state index contributed by atoms with van der Waals surface area (Å²) < 4.78 is 21.8. The quantitative estimate of drug-likeness (QED) is 0.206. The lowest BCUT2D eigenvalue weighted by Crippen LogP contribution is -2.61. The highest BCUT2D eigenvalue weighted by molar-refractivity contribution is 5.89. The number of fused-ring (bicyclic) bond motifs is 1. The Bertz CT molecular complexity index is 901. The van der Waals surface area contributed by atoms with Crippen molar-refractivity contribution >= 4 is 5.97 Å². The first-order valence-corrected chi connectivity index (χ1v) is 10.4. The van der Waals surface area contributed by atoms with Gasteiger partial charge in [0, 0.05) is 0 Å². The summed E-state index contributed by atoms with van der Waals surface area (Å²) >= 11 is 0. The summed E-state index contributed by atoms with van der Waals surface area (Å²) in [6, 6.07) is 8.26. The molecule has 1 aliphatic carbocycles. The van der Waals surface area contributed by atoms with Gasteiger partial charge < -0.3 is 49.6 Å². The minimum atomic E-state index is -1.86. The molecule has 11 heteroatoms. The largest absolute Gasteiger partial charge is 0.472 e. The maximum Gasteiger partial charge on any atom is 0.338 e. The molecule has 1 saturated heterocycles. The van der Waals surface area contributed by atoms with Gasteiger partial charge in [0.15, 0.2) is 6.29 Å². The molecule has 1 aromatic rings. The number of esters is 1. The number of hydrogen-bond donors (Lipinski definition) is 6. The molecule has 0 radical (unpaired) electrons. The number of rotatable bonds is 6. The minimum Gasteiger partial charge on any atom is -0.472 e. The van der Waals surface area contributed by atoms with Gasteiger partial charge in [-0.3, -0.25) is 0 Å². The molecule has 3 aliphatic rings. The van der Waals surface area contributed by atoms with Crippen molar-refractivity contribution in [2.24, 2.45) is 5.92 Å². The van der Waals surface area contributed by atoms with Crippen LogP contribution in [0.5, 0.6) is 0 Å². The molecule has 4 rings (SSSR count). The van der Waals surface area contributed by atoms with Crippen LogP contribution in [0, 0.1) is 5.92 Å². The van der Waals surface area contributed by atoms with Gasteiger partial charge in [-0.05, 0) is 29.9 Å². The fourth-order valence-electron chi connectivity index (χ4n) is 4.19. The zero-order chi connectivity index (χ0) is 23.8. The monoisotopic (exact) mass is 466 g/mol. The van der Waals surface area contributed by atoms with E-state index in [9.17, 15) is 35.4 Å². The van der Waals surface area contributed by atoms with Crippen LogP contribution in [0.4, 0.5) is 0 Å². The Hall–Kier alpha value is -2.35. The Morgan fingerprint density at radius 2 is 1.76 bits per heavy atom. The number of carbonyl (C=O) groups excluding carboxylic acids is 1. The molecule has 0 unspecified atom stereocenters. The number of hydrogen-bond acceptors (Lipinski definition) is 11. The maximum atomic E-state index is 12.3. The van der Waals surface area contributed by atoms with Gasteiger partial charge in [-0.2, -0.15) is 0 Å². The topological polar surface area (TPSA) is 175 Å². The first-order chi connectivity index (χ1) is 15.8. The minimum absolute atomic E-state index is 0.288. The molecule has 2 heterocycles. The summed E-state index contributed by atoms with van der Waals surface area (Å²) in [5.74, 6) is -1.67. The SMILES string of the molecule is O=C(OCC1=C[C@@H](O)[C@]2(O)C=CO[C@@H](O[C@H]3O[C@@H](CO)[C@H](O)[C@H](O)[C@@H]3O)[C@H]12)c1ccccc1. The van der Waals surface area contributed by atoms with E-state index in [1.807, 2.05) is 0 Å². The average Bonchev–Trinajstić information content (AvgIpc) is 3.08. The Morgan fingerprint density at radius 1 is 1.03 bits per heavy atom. The molecule has 0 amide bonds. The van der Waals surface area contributed by atoms with Crippen molar-refractivity contribution in [2.45, 2.75) is 48.7 Å². The molecule has 2 aliphatic heterocycles. The van der Waals surface area contributed by atoms with E-state index in [0.717, 1.165) is 6.26 Å². The van der Waals surface area contributed by atoms with Gasteiger partial charge >= 0.3 is 5.97 Å². The summed E-state index contributed by atoms with van der Waals surface area (Å²) in [6.45, 7) is -0.938. The maximum absolute atomic E-state index is 12.3. The van der Waals surface area contributed by atoms with Crippen molar-refractivity contribution < 1.29 is 54.4 Å². The van der Waals surface area contributed by atoms with Gasteiger partial charge in [0.1, 0.15) is 42.7 Å². The molecule has 1 fully saturated rings. The van der Waals surface area contributed by atoms with E-state index in [1.165, 1.54) is 12.2 Å². The highest BCUT2D eigenvalue weighted by Crippen LogP contribution is 2.44. The van der Waals surface area contributed by atoms with Gasteiger partial charge in [-0.15, -0.1) is 0 Å². The molecule has 0 aromatic heterocycles. The molecule has 1 aromatic carbocycles. The lowest BCUT2D eigenvalue weighted by atomic mass is 9.83. The fourth-order valence-corrected chi connectivity index (χ4v) is 4.19. The van der Waals surface area contributed by atoms with Gasteiger partial charge in [0.05, 0.1) is 24.4 Å². The van der Waals surface area contributed by atoms with Crippen molar-refractivity contribution in [1.82, 2.24) is 0 Å². The Kier molecular flexibility index (Phi) is 6.84. The molecular formula is C22H26O11. The highest BCUT2D eigenvalue weighted by atomic mass is 16.8. The second kappa shape index (κ2) is 9.49. The summed E-state index contributed by atoms with van der Waals surface area (Å²) in [6.07, 6.45) is -6.71. The van der Waals surface area contributed by atoms with Gasteiger partial charge in [0.25, 0.3) is 0 Å². The third kappa shape index (κ3) is 4.42. The molecule has 33 heavy (non-hydrogen) atoms. The zero-order valence-electron chi connectivity index (χ0n) is 17.4. The van der Waals surface area contributed by atoms with Crippen molar-refractivity contribution in [3.8, 4) is 0 Å². The lowest BCUT2D eigenvalue weighted by Gasteiger charge is -2.44. The molecular weight excluding hydrogens is 440 g/mol. The van der Waals surface area contributed by atoms with Crippen molar-refractivity contribution in [3.63, 3.8) is 0 Å². The van der Waals surface area contributed by atoms with Crippen LogP contribution in [0.1, 0.15) is 10.4 Å². The number of aliphatic hydroxyl groups is 6. The molecule has 9 atom stereocenters. The molecule has 0 spiro atoms. The Labute approximate surface area is 188 Å². The van der Waals surface area contributed by atoms with Crippen LogP contribution in [-0.4, -0.2) is 98.5 Å². The summed E-state index contributed by atoms with van der Waals surface area (Å²) in [4.78, 5) is 12.3. The Morgan fingerprint density at radius 3 is 2.45 bits per heavy atom. The van der Waals surface area contributed by atoms with Crippen molar-refractivity contribution in [1.29, 1.82) is 0 Å². The van der Waals surface area contributed by atoms with Crippen LogP contribution in [0.25, 0.3) is 0 Å². The normalized spacial score (nSPS) is 40.0. The standard InChI is InChI=1S/C22H26O11/c23-9-13-16(25)17(26)18(27)21(32-13)33-20-15-12(8-14(24)22(15,29)6-7-30-20)10-31-19(28)11-4-2-1-3-5-11/h1-8,13-18,20-21,23-27,29H,9-10H2/t13-,14+,15-,16-,17-,18-,20-,21+,22+/m0/s1. The van der Waals surface area contributed by atoms with E-state index >= 15 is 0 Å². The zero-order valence-corrected chi connectivity index (χ0v) is 17.4. The first-order valence-electron chi connectivity index (χ1n) is 10.4. The van der Waals surface area contributed by atoms with Crippen molar-refractivity contribution in [3.05, 3.63) is 59.9 Å². The fraction of sp³-hybridized carbons (Fsp3) is 0.500. The van der Waals surface area contributed by atoms with Crippen LogP contribution in [-0.2, 0) is 18.9 Å². The van der Waals surface area contributed by atoms with E-state index < -0.39 is 67.2 Å². The van der Waals surface area contributed by atoms with E-state index in [-0.39, 0.29) is 6.61 Å². The Balaban J connectivity index is 1.50. The molecule has 0 bridgehead atoms. The third-order valence-electron chi connectivity index (χ3n) is 6.06. The van der Waals surface area contributed by atoms with E-state index in [2.05, 4.69) is 0 Å². The van der Waals surface area contributed by atoms with E-state index in [1.54, 1.807) is 30.3 Å². The number of ether oxygens (including phenoxy) is 4. The summed E-state index contributed by atoms with van der Waals surface area (Å²) in [7, 11) is 0. The van der Waals surface area contributed by atoms with E-state index in [0.29, 0.717) is 11.1 Å². The highest BCUT2D eigenvalue weighted by Gasteiger charge is 2.56. The predicted molar refractivity (Wildman–Crippen MR) is 108 cm³/mol. The van der Waals surface area contributed by atoms with Crippen molar-refractivity contribution in [2.75, 3.05) is 13.2 Å². The van der Waals surface area contributed by atoms with Gasteiger partial charge in [-0.25, -0.2) is 4.79 Å². The molecule has 0 saturated carbocycles. The number of benzene rings is 1. The summed E-state index contributed by atoms with van der Waals surface area (Å²) in [5.41, 5.74) is -1.24. The molecule has 6 N–H and O–H groups in total. The molecule has 180 valence electrons. The van der Waals surface area contributed by atoms with Crippen LogP contribution >= 0.6 is 0 Å². The van der Waals surface area contributed by atoms with Crippen LogP contribution in [0.2, 0.25) is 0 Å². The lowest BCUT2D eigenvalue weighted by molar-refractivity contribution is -0.344. The number of aliphatic hydroxyl groups excluding tert-OH is 5. The third-order valence-corrected chi connectivity index (χ3v) is 6.06. The van der Waals surface area contributed by atoms with Crippen LogP contribution in [0.15, 0.2) is 54.3 Å². The smallest absolute Gasteiger partial charge is 0.338 e. The molecule has 11 nitrogen and oxygen atoms in total.